The van der Waals surface area contributed by atoms with Gasteiger partial charge in [0.25, 0.3) is 5.91 Å². The molecule has 0 bridgehead atoms. The Morgan fingerprint density at radius 2 is 1.73 bits per heavy atom. The van der Waals surface area contributed by atoms with Crippen molar-refractivity contribution in [2.24, 2.45) is 5.10 Å². The molecule has 6 nitrogen and oxygen atoms in total. The van der Waals surface area contributed by atoms with Gasteiger partial charge in [-0.05, 0) is 66.9 Å². The second kappa shape index (κ2) is 10.7. The maximum absolute atomic E-state index is 14.2. The molecule has 2 aliphatic rings. The summed E-state index contributed by atoms with van der Waals surface area (Å²) in [4.78, 5) is 17.8. The number of hydrogen-bond donors (Lipinski definition) is 0. The number of methoxy groups -OCH3 is 1. The number of carbonyl (C=O) groups is 1. The Bertz CT molecular complexity index is 1300. The predicted octanol–water partition coefficient (Wildman–Crippen LogP) is 4.95. The summed E-state index contributed by atoms with van der Waals surface area (Å²) in [7, 11) is 1.65. The molecule has 0 saturated carbocycles. The highest BCUT2D eigenvalue weighted by Gasteiger charge is 2.35. The van der Waals surface area contributed by atoms with Crippen LogP contribution in [0.2, 0.25) is 0 Å². The third-order valence-electron chi connectivity index (χ3n) is 7.30. The molecule has 0 N–H and O–H groups in total. The Morgan fingerprint density at radius 3 is 2.41 bits per heavy atom. The Morgan fingerprint density at radius 1 is 1.00 bits per heavy atom. The minimum Gasteiger partial charge on any atom is -0.497 e. The summed E-state index contributed by atoms with van der Waals surface area (Å²) < 4.78 is 19.5. The molecule has 0 unspecified atom stereocenters. The monoisotopic (exact) mass is 500 g/mol. The SMILES string of the molecule is COc1ccc(C2=NN(C(=O)CN3CCN(c4ccccc4F)CC3)[C@@H](c3ccc(C)cc3C)C2)cc1. The fourth-order valence-corrected chi connectivity index (χ4v) is 5.26. The van der Waals surface area contributed by atoms with Crippen LogP contribution in [0.3, 0.4) is 0 Å². The Labute approximate surface area is 217 Å². The van der Waals surface area contributed by atoms with Crippen molar-refractivity contribution in [2.45, 2.75) is 26.3 Å². The van der Waals surface area contributed by atoms with E-state index in [1.807, 2.05) is 41.3 Å². The summed E-state index contributed by atoms with van der Waals surface area (Å²) >= 11 is 0. The number of para-hydroxylation sites is 1. The number of aryl methyl sites for hydroxylation is 2. The first kappa shape index (κ1) is 25.0. The van der Waals surface area contributed by atoms with Crippen LogP contribution in [0, 0.1) is 19.7 Å². The molecule has 1 saturated heterocycles. The van der Waals surface area contributed by atoms with Gasteiger partial charge in [-0.1, -0.05) is 35.9 Å². The predicted molar refractivity (Wildman–Crippen MR) is 145 cm³/mol. The van der Waals surface area contributed by atoms with Crippen LogP contribution in [0.25, 0.3) is 0 Å². The molecular formula is C30H33FN4O2. The van der Waals surface area contributed by atoms with Gasteiger partial charge in [0.15, 0.2) is 0 Å². The molecule has 3 aromatic carbocycles. The lowest BCUT2D eigenvalue weighted by Gasteiger charge is -2.36. The normalized spacial score (nSPS) is 18.2. The molecule has 2 heterocycles. The van der Waals surface area contributed by atoms with Gasteiger partial charge in [0.2, 0.25) is 0 Å². The fourth-order valence-electron chi connectivity index (χ4n) is 5.26. The Balaban J connectivity index is 1.33. The van der Waals surface area contributed by atoms with Gasteiger partial charge >= 0.3 is 0 Å². The van der Waals surface area contributed by atoms with Crippen LogP contribution < -0.4 is 9.64 Å². The second-order valence-electron chi connectivity index (χ2n) is 9.81. The average molecular weight is 501 g/mol. The highest BCUT2D eigenvalue weighted by molar-refractivity contribution is 6.03. The van der Waals surface area contributed by atoms with E-state index < -0.39 is 0 Å². The van der Waals surface area contributed by atoms with Crippen molar-refractivity contribution >= 4 is 17.3 Å². The summed E-state index contributed by atoms with van der Waals surface area (Å²) in [6.07, 6.45) is 0.656. The number of benzene rings is 3. The van der Waals surface area contributed by atoms with E-state index in [4.69, 9.17) is 9.84 Å². The summed E-state index contributed by atoms with van der Waals surface area (Å²) in [6.45, 7) is 7.19. The minimum absolute atomic E-state index is 0.0205. The molecule has 1 atom stereocenters. The third-order valence-corrected chi connectivity index (χ3v) is 7.30. The average Bonchev–Trinajstić information content (AvgIpc) is 3.35. The van der Waals surface area contributed by atoms with E-state index in [1.165, 1.54) is 11.6 Å². The number of piperazine rings is 1. The van der Waals surface area contributed by atoms with Gasteiger partial charge in [-0.15, -0.1) is 0 Å². The van der Waals surface area contributed by atoms with Crippen molar-refractivity contribution in [1.29, 1.82) is 0 Å². The molecule has 0 radical (unpaired) electrons. The summed E-state index contributed by atoms with van der Waals surface area (Å²) in [5.41, 5.74) is 5.98. The van der Waals surface area contributed by atoms with Crippen LogP contribution >= 0.6 is 0 Å². The van der Waals surface area contributed by atoms with Gasteiger partial charge in [0.05, 0.1) is 31.1 Å². The van der Waals surface area contributed by atoms with E-state index in [0.29, 0.717) is 38.3 Å². The molecule has 37 heavy (non-hydrogen) atoms. The zero-order valence-corrected chi connectivity index (χ0v) is 21.7. The highest BCUT2D eigenvalue weighted by atomic mass is 19.1. The number of ether oxygens (including phenoxy) is 1. The van der Waals surface area contributed by atoms with Crippen LogP contribution in [-0.4, -0.2) is 61.4 Å². The van der Waals surface area contributed by atoms with Crippen LogP contribution in [0.4, 0.5) is 10.1 Å². The maximum Gasteiger partial charge on any atom is 0.257 e. The van der Waals surface area contributed by atoms with Crippen LogP contribution in [0.1, 0.15) is 34.7 Å². The lowest BCUT2D eigenvalue weighted by atomic mass is 9.94. The zero-order chi connectivity index (χ0) is 25.9. The maximum atomic E-state index is 14.2. The van der Waals surface area contributed by atoms with Crippen LogP contribution in [0.15, 0.2) is 71.8 Å². The van der Waals surface area contributed by atoms with Crippen LogP contribution in [0.5, 0.6) is 5.75 Å². The number of hydrogen-bond acceptors (Lipinski definition) is 5. The van der Waals surface area contributed by atoms with Crippen molar-refractivity contribution in [2.75, 3.05) is 44.7 Å². The number of hydrazone groups is 1. The van der Waals surface area contributed by atoms with Gasteiger partial charge < -0.3 is 9.64 Å². The summed E-state index contributed by atoms with van der Waals surface area (Å²) in [5.74, 6) is 0.560. The number of halogens is 1. The van der Waals surface area contributed by atoms with Crippen molar-refractivity contribution < 1.29 is 13.9 Å². The van der Waals surface area contributed by atoms with E-state index in [9.17, 15) is 9.18 Å². The highest BCUT2D eigenvalue weighted by Crippen LogP contribution is 2.35. The van der Waals surface area contributed by atoms with Crippen molar-refractivity contribution in [3.63, 3.8) is 0 Å². The quantitative estimate of drug-likeness (QED) is 0.481. The summed E-state index contributed by atoms with van der Waals surface area (Å²) in [5, 5.41) is 6.53. The Hall–Kier alpha value is -3.71. The van der Waals surface area contributed by atoms with Gasteiger partial charge in [-0.2, -0.15) is 5.10 Å². The smallest absolute Gasteiger partial charge is 0.257 e. The van der Waals surface area contributed by atoms with Gasteiger partial charge in [-0.3, -0.25) is 9.69 Å². The first-order valence-electron chi connectivity index (χ1n) is 12.8. The molecular weight excluding hydrogens is 467 g/mol. The van der Waals surface area contributed by atoms with Gasteiger partial charge in [-0.25, -0.2) is 9.40 Å². The van der Waals surface area contributed by atoms with Crippen molar-refractivity contribution in [1.82, 2.24) is 9.91 Å². The first-order valence-corrected chi connectivity index (χ1v) is 12.8. The lowest BCUT2D eigenvalue weighted by molar-refractivity contribution is -0.134. The first-order chi connectivity index (χ1) is 17.9. The van der Waals surface area contributed by atoms with E-state index in [2.05, 4.69) is 36.9 Å². The second-order valence-corrected chi connectivity index (χ2v) is 9.81. The molecule has 0 aromatic heterocycles. The number of anilines is 1. The molecule has 7 heteroatoms. The minimum atomic E-state index is -0.208. The third kappa shape index (κ3) is 5.37. The van der Waals surface area contributed by atoms with E-state index in [1.54, 1.807) is 18.2 Å². The van der Waals surface area contributed by atoms with E-state index in [-0.39, 0.29) is 24.3 Å². The van der Waals surface area contributed by atoms with Crippen molar-refractivity contribution in [3.8, 4) is 5.75 Å². The molecule has 0 spiro atoms. The standard InChI is InChI=1S/C30H33FN4O2/c1-21-8-13-25(22(2)18-21)29-19-27(23-9-11-24(37-3)12-10-23)32-35(29)30(36)20-33-14-16-34(17-15-33)28-7-5-4-6-26(28)31/h4-13,18,29H,14-17,19-20H2,1-3H3/t29-/m1/s1. The topological polar surface area (TPSA) is 48.4 Å². The van der Waals surface area contributed by atoms with E-state index >= 15 is 0 Å². The number of nitrogens with zero attached hydrogens (tertiary/aromatic N) is 4. The molecule has 1 amide bonds. The number of carbonyl (C=O) groups excluding carboxylic acids is 1. The lowest BCUT2D eigenvalue weighted by Crippen LogP contribution is -2.49. The van der Waals surface area contributed by atoms with Gasteiger partial charge in [0, 0.05) is 32.6 Å². The zero-order valence-electron chi connectivity index (χ0n) is 21.7. The van der Waals surface area contributed by atoms with Gasteiger partial charge in [0.1, 0.15) is 11.6 Å². The largest absolute Gasteiger partial charge is 0.497 e. The number of rotatable bonds is 6. The summed E-state index contributed by atoms with van der Waals surface area (Å²) in [6, 6.07) is 20.9. The molecule has 0 aliphatic carbocycles. The molecule has 3 aromatic rings. The molecule has 2 aliphatic heterocycles. The van der Waals surface area contributed by atoms with Crippen LogP contribution in [-0.2, 0) is 4.79 Å². The molecule has 5 rings (SSSR count). The fraction of sp³-hybridized carbons (Fsp3) is 0.333. The van der Waals surface area contributed by atoms with E-state index in [0.717, 1.165) is 28.2 Å². The van der Waals surface area contributed by atoms with Crippen molar-refractivity contribution in [3.05, 3.63) is 94.8 Å². The number of amides is 1. The molecule has 1 fully saturated rings. The Kier molecular flexibility index (Phi) is 7.24. The molecule has 192 valence electrons.